The van der Waals surface area contributed by atoms with E-state index in [2.05, 4.69) is 5.32 Å². The molecule has 0 aromatic heterocycles. The van der Waals surface area contributed by atoms with Gasteiger partial charge < -0.3 is 31.7 Å². The van der Waals surface area contributed by atoms with Crippen LogP contribution in [0.4, 0.5) is 26.3 Å². The van der Waals surface area contributed by atoms with Gasteiger partial charge in [0.2, 0.25) is 23.6 Å². The van der Waals surface area contributed by atoms with Gasteiger partial charge in [-0.15, -0.1) is 0 Å². The average Bonchev–Trinajstić information content (AvgIpc) is 3.53. The van der Waals surface area contributed by atoms with Crippen molar-refractivity contribution in [2.24, 2.45) is 46.5 Å². The molecule has 6 unspecified atom stereocenters. The minimum atomic E-state index is -6.28. The maximum atomic E-state index is 15.2. The van der Waals surface area contributed by atoms with Gasteiger partial charge in [-0.25, -0.2) is 4.39 Å². The molecule has 17 heteroatoms. The Morgan fingerprint density at radius 1 is 1.09 bits per heavy atom. The topological polar surface area (TPSA) is 174 Å². The Morgan fingerprint density at radius 2 is 1.72 bits per heavy atom. The SMILES string of the molecule is CC(C)(C)[C@H](NC(=O)C(F)(F)C(F)(F)F)C(=O)N1CC2C3CC(F)C(C3)C2C1(C(N)=O)[C@H](C[C@@H]1OCCNC1=O)C(N)=O. The first kappa shape index (κ1) is 32.8. The van der Waals surface area contributed by atoms with Crippen molar-refractivity contribution >= 4 is 29.5 Å². The Kier molecular flexibility index (Phi) is 8.24. The number of likely N-dealkylation sites (tertiary alicyclic amines) is 1. The molecule has 4 aliphatic rings. The zero-order valence-electron chi connectivity index (χ0n) is 23.7. The number of primary amides is 2. The van der Waals surface area contributed by atoms with E-state index in [0.717, 1.165) is 4.90 Å². The molecule has 4 rings (SSSR count). The van der Waals surface area contributed by atoms with Gasteiger partial charge >= 0.3 is 18.0 Å². The standard InChI is InChI=1S/C26H35F6N5O6/c1-23(2,3)17(36-22(42)25(28,29)26(30,31)32)20(40)37-9-12-10-6-11(14(27)7-10)16(12)24(37,21(34)41)13(18(33)38)8-15-19(39)35-4-5-43-15/h10-17H,4-9H2,1-3H3,(H2,33,38)(H2,34,41)(H,35,39)(H,36,42)/t10?,11?,12?,13-,14?,15+,16?,17-,24?/m1/s1. The van der Waals surface area contributed by atoms with E-state index in [1.54, 1.807) is 0 Å². The summed E-state index contributed by atoms with van der Waals surface area (Å²) in [4.78, 5) is 66.6. The van der Waals surface area contributed by atoms with Crippen LogP contribution in [0.15, 0.2) is 0 Å². The molecule has 0 aromatic rings. The molecule has 11 nitrogen and oxygen atoms in total. The van der Waals surface area contributed by atoms with Crippen LogP contribution in [-0.4, -0.2) is 90.1 Å². The molecule has 2 aliphatic heterocycles. The maximum Gasteiger partial charge on any atom is 0.463 e. The lowest BCUT2D eigenvalue weighted by Gasteiger charge is -2.48. The van der Waals surface area contributed by atoms with Gasteiger partial charge in [-0.05, 0) is 42.4 Å². The number of hydrogen-bond acceptors (Lipinski definition) is 6. The summed E-state index contributed by atoms with van der Waals surface area (Å²) in [6, 6.07) is -2.09. The fraction of sp³-hybridized carbons (Fsp3) is 0.808. The van der Waals surface area contributed by atoms with Crippen LogP contribution in [0.25, 0.3) is 0 Å². The highest BCUT2D eigenvalue weighted by molar-refractivity contribution is 6.00. The molecule has 0 aromatic carbocycles. The number of nitrogens with two attached hydrogens (primary N) is 2. The summed E-state index contributed by atoms with van der Waals surface area (Å²) < 4.78 is 87.6. The minimum Gasteiger partial charge on any atom is -0.369 e. The molecule has 2 aliphatic carbocycles. The van der Waals surface area contributed by atoms with Crippen LogP contribution < -0.4 is 22.1 Å². The third-order valence-electron chi connectivity index (χ3n) is 9.47. The number of rotatable bonds is 8. The summed E-state index contributed by atoms with van der Waals surface area (Å²) in [5.41, 5.74) is 7.78. The normalized spacial score (nSPS) is 33.9. The number of nitrogens with zero attached hydrogens (tertiary/aromatic N) is 1. The number of fused-ring (bicyclic) bond motifs is 5. The Labute approximate surface area is 242 Å². The van der Waals surface area contributed by atoms with Gasteiger partial charge in [-0.2, -0.15) is 22.0 Å². The van der Waals surface area contributed by atoms with Gasteiger partial charge in [0.15, 0.2) is 0 Å². The summed E-state index contributed by atoms with van der Waals surface area (Å²) in [7, 11) is 0. The largest absolute Gasteiger partial charge is 0.463 e. The third-order valence-corrected chi connectivity index (χ3v) is 9.47. The lowest BCUT2D eigenvalue weighted by Crippen LogP contribution is -2.71. The van der Waals surface area contributed by atoms with Gasteiger partial charge in [-0.3, -0.25) is 24.0 Å². The van der Waals surface area contributed by atoms with Crippen LogP contribution in [0, 0.1) is 35.0 Å². The van der Waals surface area contributed by atoms with Crippen molar-refractivity contribution in [2.75, 3.05) is 19.7 Å². The summed E-state index contributed by atoms with van der Waals surface area (Å²) >= 11 is 0. The second kappa shape index (κ2) is 10.8. The lowest BCUT2D eigenvalue weighted by molar-refractivity contribution is -0.270. The second-order valence-electron chi connectivity index (χ2n) is 12.9. The smallest absolute Gasteiger partial charge is 0.369 e. The number of carbonyl (C=O) groups excluding carboxylic acids is 5. The number of morpholine rings is 1. The third kappa shape index (κ3) is 5.20. The van der Waals surface area contributed by atoms with Crippen molar-refractivity contribution < 1.29 is 55.1 Å². The van der Waals surface area contributed by atoms with E-state index in [-0.39, 0.29) is 38.5 Å². The fourth-order valence-electron chi connectivity index (χ4n) is 7.63. The molecule has 9 atom stereocenters. The van der Waals surface area contributed by atoms with E-state index < -0.39 is 101 Å². The van der Waals surface area contributed by atoms with Crippen molar-refractivity contribution in [2.45, 2.75) is 76.0 Å². The van der Waals surface area contributed by atoms with Crippen molar-refractivity contribution in [3.63, 3.8) is 0 Å². The zero-order valence-corrected chi connectivity index (χ0v) is 23.7. The van der Waals surface area contributed by atoms with E-state index in [4.69, 9.17) is 16.2 Å². The van der Waals surface area contributed by atoms with E-state index in [9.17, 15) is 45.9 Å². The van der Waals surface area contributed by atoms with Crippen LogP contribution in [-0.2, 0) is 28.7 Å². The van der Waals surface area contributed by atoms with E-state index in [0.29, 0.717) is 0 Å². The van der Waals surface area contributed by atoms with Crippen LogP contribution in [0.5, 0.6) is 0 Å². The highest BCUT2D eigenvalue weighted by Gasteiger charge is 2.73. The Balaban J connectivity index is 1.84. The first-order valence-electron chi connectivity index (χ1n) is 13.9. The zero-order chi connectivity index (χ0) is 32.4. The van der Waals surface area contributed by atoms with E-state index in [1.807, 2.05) is 0 Å². The van der Waals surface area contributed by atoms with Crippen LogP contribution in [0.2, 0.25) is 0 Å². The Bertz CT molecular complexity index is 1190. The molecular formula is C26H35F6N5O6. The molecule has 242 valence electrons. The van der Waals surface area contributed by atoms with Gasteiger partial charge in [0.1, 0.15) is 23.9 Å². The predicted molar refractivity (Wildman–Crippen MR) is 134 cm³/mol. The predicted octanol–water partition coefficient (Wildman–Crippen LogP) is 0.398. The average molecular weight is 628 g/mol. The number of ether oxygens (including phenoxy) is 1. The first-order valence-corrected chi connectivity index (χ1v) is 13.9. The molecule has 2 bridgehead atoms. The number of hydrogen-bond donors (Lipinski definition) is 4. The fourth-order valence-corrected chi connectivity index (χ4v) is 7.63. The highest BCUT2D eigenvalue weighted by atomic mass is 19.4. The molecule has 2 heterocycles. The number of amides is 5. The first-order chi connectivity index (χ1) is 19.7. The van der Waals surface area contributed by atoms with Crippen molar-refractivity contribution in [3.8, 4) is 0 Å². The summed E-state index contributed by atoms with van der Waals surface area (Å²) in [5, 5.41) is 4.02. The number of carbonyl (C=O) groups is 5. The molecule has 0 spiro atoms. The molecule has 5 amide bonds. The molecule has 43 heavy (non-hydrogen) atoms. The Morgan fingerprint density at radius 3 is 2.23 bits per heavy atom. The molecule has 2 saturated carbocycles. The quantitative estimate of drug-likeness (QED) is 0.284. The summed E-state index contributed by atoms with van der Waals surface area (Å²) in [6.45, 7) is 3.66. The Hall–Kier alpha value is -3.11. The highest BCUT2D eigenvalue weighted by Crippen LogP contribution is 2.63. The molecule has 4 fully saturated rings. The van der Waals surface area contributed by atoms with Gasteiger partial charge in [0.05, 0.1) is 12.5 Å². The van der Waals surface area contributed by atoms with Gasteiger partial charge in [0.25, 0.3) is 0 Å². The van der Waals surface area contributed by atoms with Gasteiger partial charge in [0, 0.05) is 19.0 Å². The number of halogens is 6. The number of alkyl halides is 6. The van der Waals surface area contributed by atoms with Crippen molar-refractivity contribution in [1.82, 2.24) is 15.5 Å². The number of nitrogens with one attached hydrogen (secondary N) is 2. The monoisotopic (exact) mass is 627 g/mol. The lowest BCUT2D eigenvalue weighted by atomic mass is 9.63. The maximum absolute atomic E-state index is 15.2. The van der Waals surface area contributed by atoms with Crippen LogP contribution in [0.1, 0.15) is 40.0 Å². The van der Waals surface area contributed by atoms with Crippen molar-refractivity contribution in [1.29, 1.82) is 0 Å². The van der Waals surface area contributed by atoms with E-state index >= 15 is 4.39 Å². The van der Waals surface area contributed by atoms with E-state index in [1.165, 1.54) is 26.1 Å². The van der Waals surface area contributed by atoms with Crippen LogP contribution in [0.3, 0.4) is 0 Å². The minimum absolute atomic E-state index is 0.0307. The molecule has 6 N–H and O–H groups in total. The second-order valence-corrected chi connectivity index (χ2v) is 12.9. The molecule has 0 radical (unpaired) electrons. The molecular weight excluding hydrogens is 592 g/mol. The van der Waals surface area contributed by atoms with Crippen molar-refractivity contribution in [3.05, 3.63) is 0 Å². The summed E-state index contributed by atoms with van der Waals surface area (Å²) in [5.74, 6) is -17.8. The molecule has 2 saturated heterocycles. The summed E-state index contributed by atoms with van der Waals surface area (Å²) in [6.07, 6.45) is -9.26. The van der Waals surface area contributed by atoms with Gasteiger partial charge in [-0.1, -0.05) is 20.8 Å². The van der Waals surface area contributed by atoms with Crippen LogP contribution >= 0.6 is 0 Å².